The minimum absolute atomic E-state index is 0.187. The minimum Gasteiger partial charge on any atom is -0.465 e. The largest absolute Gasteiger partial charge is 0.465 e. The molecule has 6 heteroatoms. The van der Waals surface area contributed by atoms with Crippen molar-refractivity contribution in [2.24, 2.45) is 0 Å². The summed E-state index contributed by atoms with van der Waals surface area (Å²) in [4.78, 5) is 23.1. The van der Waals surface area contributed by atoms with E-state index >= 15 is 0 Å². The van der Waals surface area contributed by atoms with Crippen LogP contribution in [0.5, 0.6) is 0 Å². The van der Waals surface area contributed by atoms with Crippen LogP contribution < -0.4 is 0 Å². The molecule has 0 aromatic carbocycles. The number of unbranched alkanes of at least 4 members (excludes halogenated alkanes) is 2. The maximum atomic E-state index is 11.5. The SMILES string of the molecule is CCCCOC(=O)CSC(C)(C)SCC(=O)OCCCC. The van der Waals surface area contributed by atoms with Gasteiger partial charge in [-0.1, -0.05) is 26.7 Å². The molecule has 0 saturated heterocycles. The Morgan fingerprint density at radius 1 is 0.857 bits per heavy atom. The van der Waals surface area contributed by atoms with Gasteiger partial charge in [0.05, 0.1) is 28.8 Å². The lowest BCUT2D eigenvalue weighted by molar-refractivity contribution is -0.141. The average Bonchev–Trinajstić information content (AvgIpc) is 2.44. The molecule has 0 aliphatic rings. The third-order valence-electron chi connectivity index (χ3n) is 2.60. The van der Waals surface area contributed by atoms with Gasteiger partial charge in [0.15, 0.2) is 0 Å². The number of hydrogen-bond acceptors (Lipinski definition) is 6. The molecular formula is C15H28O4S2. The quantitative estimate of drug-likeness (QED) is 0.306. The van der Waals surface area contributed by atoms with Gasteiger partial charge in [-0.15, -0.1) is 23.5 Å². The number of rotatable bonds is 12. The van der Waals surface area contributed by atoms with E-state index in [1.807, 2.05) is 13.8 Å². The van der Waals surface area contributed by atoms with Crippen molar-refractivity contribution < 1.29 is 19.1 Å². The van der Waals surface area contributed by atoms with Gasteiger partial charge in [-0.3, -0.25) is 9.59 Å². The van der Waals surface area contributed by atoms with E-state index in [1.165, 1.54) is 23.5 Å². The first-order valence-electron chi connectivity index (χ1n) is 7.50. The molecule has 124 valence electrons. The summed E-state index contributed by atoms with van der Waals surface area (Å²) in [5.41, 5.74) is 0. The van der Waals surface area contributed by atoms with Crippen LogP contribution in [0.2, 0.25) is 0 Å². The van der Waals surface area contributed by atoms with Crippen LogP contribution in [0, 0.1) is 0 Å². The molecule has 0 atom stereocenters. The second-order valence-corrected chi connectivity index (χ2v) is 8.58. The highest BCUT2D eigenvalue weighted by molar-refractivity contribution is 8.18. The average molecular weight is 337 g/mol. The number of thioether (sulfide) groups is 2. The molecule has 0 rings (SSSR count). The predicted octanol–water partition coefficient (Wildman–Crippen LogP) is 3.88. The second-order valence-electron chi connectivity index (χ2n) is 5.13. The lowest BCUT2D eigenvalue weighted by Gasteiger charge is -2.22. The standard InChI is InChI=1S/C15H28O4S2/c1-5-7-9-18-13(16)11-20-15(3,4)21-12-14(17)19-10-8-6-2/h5-12H2,1-4H3. The van der Waals surface area contributed by atoms with Crippen LogP contribution in [-0.4, -0.2) is 40.7 Å². The summed E-state index contributed by atoms with van der Waals surface area (Å²) in [5, 5.41) is 0. The molecule has 0 bridgehead atoms. The van der Waals surface area contributed by atoms with E-state index in [4.69, 9.17) is 9.47 Å². The lowest BCUT2D eigenvalue weighted by Crippen LogP contribution is -2.19. The summed E-state index contributed by atoms with van der Waals surface area (Å²) in [7, 11) is 0. The summed E-state index contributed by atoms with van der Waals surface area (Å²) >= 11 is 2.99. The van der Waals surface area contributed by atoms with Gasteiger partial charge >= 0.3 is 11.9 Å². The minimum atomic E-state index is -0.215. The van der Waals surface area contributed by atoms with Crippen molar-refractivity contribution in [3.63, 3.8) is 0 Å². The van der Waals surface area contributed by atoms with E-state index in [1.54, 1.807) is 0 Å². The fraction of sp³-hybridized carbons (Fsp3) is 0.867. The fourth-order valence-electron chi connectivity index (χ4n) is 1.25. The van der Waals surface area contributed by atoms with Crippen molar-refractivity contribution >= 4 is 35.5 Å². The van der Waals surface area contributed by atoms with Crippen molar-refractivity contribution in [1.82, 2.24) is 0 Å². The van der Waals surface area contributed by atoms with E-state index in [0.717, 1.165) is 25.7 Å². The first-order chi connectivity index (χ1) is 9.91. The molecule has 0 radical (unpaired) electrons. The summed E-state index contributed by atoms with van der Waals surface area (Å²) in [5.74, 6) is 0.253. The van der Waals surface area contributed by atoms with Crippen molar-refractivity contribution in [1.29, 1.82) is 0 Å². The Hall–Kier alpha value is -0.360. The third kappa shape index (κ3) is 13.1. The molecule has 0 fully saturated rings. The van der Waals surface area contributed by atoms with Crippen LogP contribution in [0.3, 0.4) is 0 Å². The fourth-order valence-corrected chi connectivity index (χ4v) is 3.04. The molecule has 4 nitrogen and oxygen atoms in total. The Morgan fingerprint density at radius 2 is 1.24 bits per heavy atom. The summed E-state index contributed by atoms with van der Waals surface area (Å²) in [6.45, 7) is 9.10. The van der Waals surface area contributed by atoms with Crippen molar-refractivity contribution in [3.05, 3.63) is 0 Å². The van der Waals surface area contributed by atoms with Gasteiger partial charge in [-0.2, -0.15) is 0 Å². The van der Waals surface area contributed by atoms with Crippen LogP contribution in [-0.2, 0) is 19.1 Å². The Bertz CT molecular complexity index is 278. The summed E-state index contributed by atoms with van der Waals surface area (Å²) in [6.07, 6.45) is 3.83. The summed E-state index contributed by atoms with van der Waals surface area (Å²) < 4.78 is 10.0. The zero-order valence-corrected chi connectivity index (χ0v) is 15.2. The monoisotopic (exact) mass is 336 g/mol. The topological polar surface area (TPSA) is 52.6 Å². The predicted molar refractivity (Wildman–Crippen MR) is 90.7 cm³/mol. The van der Waals surface area contributed by atoms with Crippen molar-refractivity contribution in [2.75, 3.05) is 24.7 Å². The van der Waals surface area contributed by atoms with Gasteiger partial charge in [0.2, 0.25) is 0 Å². The molecular weight excluding hydrogens is 308 g/mol. The molecule has 21 heavy (non-hydrogen) atoms. The van der Waals surface area contributed by atoms with Crippen LogP contribution in [0.1, 0.15) is 53.4 Å². The van der Waals surface area contributed by atoms with E-state index < -0.39 is 0 Å². The van der Waals surface area contributed by atoms with E-state index in [2.05, 4.69) is 13.8 Å². The van der Waals surface area contributed by atoms with Gasteiger partial charge in [0.1, 0.15) is 0 Å². The zero-order valence-electron chi connectivity index (χ0n) is 13.6. The highest BCUT2D eigenvalue weighted by Gasteiger charge is 2.22. The second kappa shape index (κ2) is 12.2. The van der Waals surface area contributed by atoms with Crippen molar-refractivity contribution in [3.8, 4) is 0 Å². The molecule has 0 aliphatic carbocycles. The van der Waals surface area contributed by atoms with Crippen molar-refractivity contribution in [2.45, 2.75) is 57.5 Å². The first kappa shape index (κ1) is 20.6. The Kier molecular flexibility index (Phi) is 12.0. The molecule has 0 N–H and O–H groups in total. The Morgan fingerprint density at radius 3 is 1.57 bits per heavy atom. The Labute approximate surface area is 137 Å². The first-order valence-corrected chi connectivity index (χ1v) is 9.47. The highest BCUT2D eigenvalue weighted by Crippen LogP contribution is 2.36. The normalized spacial score (nSPS) is 11.2. The highest BCUT2D eigenvalue weighted by atomic mass is 32.2. The molecule has 0 aliphatic heterocycles. The molecule has 0 amide bonds. The smallest absolute Gasteiger partial charge is 0.315 e. The van der Waals surface area contributed by atoms with Gasteiger partial charge in [0.25, 0.3) is 0 Å². The van der Waals surface area contributed by atoms with Gasteiger partial charge in [-0.25, -0.2) is 0 Å². The number of ether oxygens (including phenoxy) is 2. The van der Waals surface area contributed by atoms with Crippen LogP contribution in [0.25, 0.3) is 0 Å². The van der Waals surface area contributed by atoms with E-state index in [-0.39, 0.29) is 16.0 Å². The van der Waals surface area contributed by atoms with E-state index in [9.17, 15) is 9.59 Å². The van der Waals surface area contributed by atoms with Gasteiger partial charge < -0.3 is 9.47 Å². The zero-order chi connectivity index (χ0) is 16.1. The maximum absolute atomic E-state index is 11.5. The molecule has 0 unspecified atom stereocenters. The van der Waals surface area contributed by atoms with Gasteiger partial charge in [0, 0.05) is 0 Å². The number of esters is 2. The molecule has 0 spiro atoms. The molecule has 0 saturated carbocycles. The number of hydrogen-bond donors (Lipinski definition) is 0. The van der Waals surface area contributed by atoms with Crippen LogP contribution in [0.4, 0.5) is 0 Å². The van der Waals surface area contributed by atoms with Crippen LogP contribution in [0.15, 0.2) is 0 Å². The number of carbonyl (C=O) groups is 2. The maximum Gasteiger partial charge on any atom is 0.315 e. The molecule has 0 aromatic heterocycles. The molecule has 0 heterocycles. The summed E-state index contributed by atoms with van der Waals surface area (Å²) in [6, 6.07) is 0. The van der Waals surface area contributed by atoms with E-state index in [0.29, 0.717) is 24.7 Å². The lowest BCUT2D eigenvalue weighted by atomic mass is 10.4. The number of carbonyl (C=O) groups excluding carboxylic acids is 2. The van der Waals surface area contributed by atoms with Gasteiger partial charge in [-0.05, 0) is 26.7 Å². The molecule has 0 aromatic rings. The van der Waals surface area contributed by atoms with Crippen LogP contribution >= 0.6 is 23.5 Å². The Balaban J connectivity index is 3.81. The third-order valence-corrected chi connectivity index (χ3v) is 5.45.